The van der Waals surface area contributed by atoms with Crippen LogP contribution in [0.2, 0.25) is 0 Å². The van der Waals surface area contributed by atoms with Crippen molar-refractivity contribution in [3.63, 3.8) is 0 Å². The fourth-order valence-electron chi connectivity index (χ4n) is 4.96. The molecule has 0 atom stereocenters. The number of amides is 1. The summed E-state index contributed by atoms with van der Waals surface area (Å²) in [5, 5.41) is 15.5. The van der Waals surface area contributed by atoms with E-state index < -0.39 is 4.92 Å². The number of hydrogen-bond donors (Lipinski definition) is 1. The van der Waals surface area contributed by atoms with Gasteiger partial charge in [-0.15, -0.1) is 0 Å². The molecular formula is C32H29N5O4. The predicted octanol–water partition coefficient (Wildman–Crippen LogP) is 6.54. The number of benzene rings is 3. The molecule has 0 unspecified atom stereocenters. The molecule has 5 rings (SSSR count). The summed E-state index contributed by atoms with van der Waals surface area (Å²) in [5.41, 5.74) is 10.2. The smallest absolute Gasteiger partial charge is 0.271 e. The minimum absolute atomic E-state index is 0.0370. The second-order valence-electron chi connectivity index (χ2n) is 9.58. The van der Waals surface area contributed by atoms with Crippen molar-refractivity contribution in [1.82, 2.24) is 14.6 Å². The van der Waals surface area contributed by atoms with Gasteiger partial charge in [0, 0.05) is 46.0 Å². The summed E-state index contributed by atoms with van der Waals surface area (Å²) in [6.45, 7) is 5.81. The number of nitrogens with one attached hydrogen (secondary N) is 1. The molecule has 0 spiro atoms. The number of hydrazone groups is 1. The zero-order chi connectivity index (χ0) is 29.1. The molecule has 2 heterocycles. The maximum absolute atomic E-state index is 12.8. The van der Waals surface area contributed by atoms with Crippen molar-refractivity contribution in [2.24, 2.45) is 5.10 Å². The van der Waals surface area contributed by atoms with Crippen molar-refractivity contribution in [3.8, 4) is 28.4 Å². The van der Waals surface area contributed by atoms with E-state index in [4.69, 9.17) is 4.74 Å². The number of aromatic nitrogens is 2. The van der Waals surface area contributed by atoms with Gasteiger partial charge in [0.2, 0.25) is 0 Å². The molecule has 0 fully saturated rings. The first-order valence-electron chi connectivity index (χ1n) is 13.0. The Labute approximate surface area is 237 Å². The van der Waals surface area contributed by atoms with Gasteiger partial charge in [0.25, 0.3) is 11.6 Å². The van der Waals surface area contributed by atoms with E-state index in [0.717, 1.165) is 39.6 Å². The fourth-order valence-corrected chi connectivity index (χ4v) is 4.96. The SMILES string of the molecule is COc1ccc([N+](=O)[O-])cc1-n1c(C)cc(/C=N/NC(=O)c2ccc(-n3c(C)ccc3-c3ccccc3)cc2)c1C. The second kappa shape index (κ2) is 11.4. The number of ether oxygens (including phenoxy) is 1. The van der Waals surface area contributed by atoms with Crippen molar-refractivity contribution in [1.29, 1.82) is 0 Å². The maximum atomic E-state index is 12.8. The molecule has 206 valence electrons. The van der Waals surface area contributed by atoms with Gasteiger partial charge >= 0.3 is 0 Å². The molecule has 0 aliphatic carbocycles. The van der Waals surface area contributed by atoms with Crippen LogP contribution < -0.4 is 10.2 Å². The number of nitrogens with zero attached hydrogens (tertiary/aromatic N) is 4. The molecule has 5 aromatic rings. The number of hydrogen-bond acceptors (Lipinski definition) is 5. The molecule has 9 heteroatoms. The van der Waals surface area contributed by atoms with Gasteiger partial charge in [-0.1, -0.05) is 30.3 Å². The average molecular weight is 548 g/mol. The Morgan fingerprint density at radius 2 is 1.63 bits per heavy atom. The molecule has 0 bridgehead atoms. The minimum atomic E-state index is -0.441. The van der Waals surface area contributed by atoms with Crippen LogP contribution in [0.25, 0.3) is 22.6 Å². The van der Waals surface area contributed by atoms with E-state index in [0.29, 0.717) is 17.0 Å². The lowest BCUT2D eigenvalue weighted by atomic mass is 10.1. The van der Waals surface area contributed by atoms with Crippen LogP contribution >= 0.6 is 0 Å². The molecule has 41 heavy (non-hydrogen) atoms. The van der Waals surface area contributed by atoms with Crippen molar-refractivity contribution >= 4 is 17.8 Å². The Balaban J connectivity index is 1.33. The van der Waals surface area contributed by atoms with Gasteiger partial charge < -0.3 is 13.9 Å². The standard InChI is InChI=1S/C32H29N5O4/c1-21-10-16-29(24-8-6-5-7-9-24)36(21)27-13-11-25(12-14-27)32(38)34-33-20-26-18-22(2)35(23(26)3)30-19-28(37(39)40)15-17-31(30)41-4/h5-20H,1-4H3,(H,34,38)/b33-20+. The molecule has 0 aliphatic heterocycles. The van der Waals surface area contributed by atoms with E-state index in [1.807, 2.05) is 61.7 Å². The fraction of sp³-hybridized carbons (Fsp3) is 0.125. The van der Waals surface area contributed by atoms with Crippen LogP contribution in [0.1, 0.15) is 33.0 Å². The summed E-state index contributed by atoms with van der Waals surface area (Å²) in [6, 6.07) is 28.0. The van der Waals surface area contributed by atoms with Crippen LogP contribution in [0.4, 0.5) is 5.69 Å². The molecule has 3 aromatic carbocycles. The highest BCUT2D eigenvalue weighted by molar-refractivity contribution is 5.95. The van der Waals surface area contributed by atoms with Crippen molar-refractivity contribution < 1.29 is 14.5 Å². The van der Waals surface area contributed by atoms with Crippen molar-refractivity contribution in [2.45, 2.75) is 20.8 Å². The van der Waals surface area contributed by atoms with Gasteiger partial charge in [0.05, 0.1) is 29.6 Å². The largest absolute Gasteiger partial charge is 0.495 e. The van der Waals surface area contributed by atoms with Crippen LogP contribution in [0.15, 0.2) is 96.1 Å². The monoisotopic (exact) mass is 547 g/mol. The van der Waals surface area contributed by atoms with Gasteiger partial charge in [0.15, 0.2) is 0 Å². The Bertz CT molecular complexity index is 1770. The number of aryl methyl sites for hydroxylation is 2. The number of rotatable bonds is 8. The Morgan fingerprint density at radius 1 is 0.902 bits per heavy atom. The number of nitro benzene ring substituents is 1. The third-order valence-corrected chi connectivity index (χ3v) is 6.99. The van der Waals surface area contributed by atoms with Crippen LogP contribution in [0, 0.1) is 30.9 Å². The van der Waals surface area contributed by atoms with E-state index in [-0.39, 0.29) is 11.6 Å². The number of nitro groups is 1. The highest BCUT2D eigenvalue weighted by Crippen LogP contribution is 2.31. The first-order chi connectivity index (χ1) is 19.8. The van der Waals surface area contributed by atoms with E-state index in [9.17, 15) is 14.9 Å². The number of non-ortho nitro benzene ring substituents is 1. The Kier molecular flexibility index (Phi) is 7.51. The third-order valence-electron chi connectivity index (χ3n) is 6.99. The molecule has 0 saturated carbocycles. The maximum Gasteiger partial charge on any atom is 0.271 e. The zero-order valence-electron chi connectivity index (χ0n) is 23.2. The average Bonchev–Trinajstić information content (AvgIpc) is 3.51. The molecule has 0 radical (unpaired) electrons. The lowest BCUT2D eigenvalue weighted by Gasteiger charge is -2.13. The normalized spacial score (nSPS) is 11.1. The van der Waals surface area contributed by atoms with Crippen molar-refractivity contribution in [3.05, 3.63) is 129 Å². The lowest BCUT2D eigenvalue weighted by Crippen LogP contribution is -2.17. The Morgan fingerprint density at radius 3 is 2.32 bits per heavy atom. The Hall–Kier alpha value is -5.44. The van der Waals surface area contributed by atoms with E-state index in [2.05, 4.69) is 39.4 Å². The predicted molar refractivity (Wildman–Crippen MR) is 159 cm³/mol. The molecule has 0 saturated heterocycles. The minimum Gasteiger partial charge on any atom is -0.495 e. The summed E-state index contributed by atoms with van der Waals surface area (Å²) < 4.78 is 9.46. The molecule has 1 N–H and O–H groups in total. The van der Waals surface area contributed by atoms with Crippen molar-refractivity contribution in [2.75, 3.05) is 7.11 Å². The van der Waals surface area contributed by atoms with Gasteiger partial charge in [-0.2, -0.15) is 5.10 Å². The molecule has 1 amide bonds. The molecular weight excluding hydrogens is 518 g/mol. The summed E-state index contributed by atoms with van der Waals surface area (Å²) in [6.07, 6.45) is 1.56. The van der Waals surface area contributed by atoms with Gasteiger partial charge in [-0.25, -0.2) is 5.43 Å². The molecule has 2 aromatic heterocycles. The van der Waals surface area contributed by atoms with Crippen LogP contribution in [0.3, 0.4) is 0 Å². The summed E-state index contributed by atoms with van der Waals surface area (Å²) in [5.74, 6) is 0.165. The van der Waals surface area contributed by atoms with Crippen LogP contribution in [-0.2, 0) is 0 Å². The van der Waals surface area contributed by atoms with E-state index >= 15 is 0 Å². The number of carbonyl (C=O) groups is 1. The molecule has 9 nitrogen and oxygen atoms in total. The number of methoxy groups -OCH3 is 1. The van der Waals surface area contributed by atoms with Gasteiger partial charge in [-0.3, -0.25) is 14.9 Å². The van der Waals surface area contributed by atoms with E-state index in [1.54, 1.807) is 24.4 Å². The highest BCUT2D eigenvalue weighted by Gasteiger charge is 2.18. The summed E-state index contributed by atoms with van der Waals surface area (Å²) in [4.78, 5) is 23.7. The summed E-state index contributed by atoms with van der Waals surface area (Å²) in [7, 11) is 1.52. The number of carbonyl (C=O) groups excluding carboxylic acids is 1. The first kappa shape index (κ1) is 27.1. The first-order valence-corrected chi connectivity index (χ1v) is 13.0. The zero-order valence-corrected chi connectivity index (χ0v) is 23.2. The van der Waals surface area contributed by atoms with Crippen LogP contribution in [0.5, 0.6) is 5.75 Å². The quantitative estimate of drug-likeness (QED) is 0.135. The molecule has 0 aliphatic rings. The topological polar surface area (TPSA) is 104 Å². The van der Waals surface area contributed by atoms with Gasteiger partial charge in [0.1, 0.15) is 5.75 Å². The van der Waals surface area contributed by atoms with Gasteiger partial charge in [-0.05, 0) is 74.9 Å². The second-order valence-corrected chi connectivity index (χ2v) is 9.58. The third kappa shape index (κ3) is 5.38. The highest BCUT2D eigenvalue weighted by atomic mass is 16.6. The van der Waals surface area contributed by atoms with E-state index in [1.165, 1.54) is 19.2 Å². The summed E-state index contributed by atoms with van der Waals surface area (Å²) >= 11 is 0. The lowest BCUT2D eigenvalue weighted by molar-refractivity contribution is -0.384. The van der Waals surface area contributed by atoms with Crippen LogP contribution in [-0.4, -0.2) is 33.3 Å².